The molecule has 2 aliphatic rings. The lowest BCUT2D eigenvalue weighted by Crippen LogP contribution is -2.46. The Morgan fingerprint density at radius 2 is 1.94 bits per heavy atom. The molecule has 102 valence electrons. The van der Waals surface area contributed by atoms with E-state index < -0.39 is 5.97 Å². The van der Waals surface area contributed by atoms with Gasteiger partial charge < -0.3 is 15.2 Å². The molecule has 1 aliphatic heterocycles. The lowest BCUT2D eigenvalue weighted by atomic mass is 9.96. The fourth-order valence-corrected chi connectivity index (χ4v) is 2.84. The average molecular weight is 255 g/mol. The molecule has 1 saturated heterocycles. The van der Waals surface area contributed by atoms with Crippen molar-refractivity contribution in [2.45, 2.75) is 38.6 Å². The van der Waals surface area contributed by atoms with Crippen LogP contribution in [0.4, 0.5) is 0 Å². The van der Waals surface area contributed by atoms with E-state index in [0.717, 1.165) is 6.42 Å². The third kappa shape index (κ3) is 3.02. The van der Waals surface area contributed by atoms with Crippen molar-refractivity contribution in [2.75, 3.05) is 13.2 Å². The Morgan fingerprint density at radius 3 is 2.56 bits per heavy atom. The molecule has 1 saturated carbocycles. The van der Waals surface area contributed by atoms with Crippen LogP contribution in [0.3, 0.4) is 0 Å². The second-order valence-corrected chi connectivity index (χ2v) is 5.50. The summed E-state index contributed by atoms with van der Waals surface area (Å²) in [6.07, 6.45) is 2.65. The van der Waals surface area contributed by atoms with E-state index in [1.807, 2.05) is 0 Å². The number of ether oxygens (including phenoxy) is 1. The van der Waals surface area contributed by atoms with Crippen LogP contribution in [0.1, 0.15) is 32.6 Å². The third-order valence-electron chi connectivity index (χ3n) is 4.12. The lowest BCUT2D eigenvalue weighted by molar-refractivity contribution is -0.141. The van der Waals surface area contributed by atoms with Gasteiger partial charge in [0.05, 0.1) is 12.5 Å². The molecule has 1 aliphatic carbocycles. The van der Waals surface area contributed by atoms with Gasteiger partial charge in [0.1, 0.15) is 0 Å². The molecule has 0 aromatic rings. The summed E-state index contributed by atoms with van der Waals surface area (Å²) >= 11 is 0. The highest BCUT2D eigenvalue weighted by molar-refractivity contribution is 5.81. The van der Waals surface area contributed by atoms with Crippen molar-refractivity contribution in [3.63, 3.8) is 0 Å². The summed E-state index contributed by atoms with van der Waals surface area (Å²) in [6.45, 7) is 3.45. The largest absolute Gasteiger partial charge is 0.481 e. The molecule has 2 unspecified atom stereocenters. The van der Waals surface area contributed by atoms with Crippen molar-refractivity contribution in [1.82, 2.24) is 5.32 Å². The summed E-state index contributed by atoms with van der Waals surface area (Å²) in [6, 6.07) is 0.176. The van der Waals surface area contributed by atoms with Gasteiger partial charge in [0, 0.05) is 18.6 Å². The Labute approximate surface area is 107 Å². The summed E-state index contributed by atoms with van der Waals surface area (Å²) in [5, 5.41) is 12.0. The molecule has 2 N–H and O–H groups in total. The topological polar surface area (TPSA) is 75.6 Å². The van der Waals surface area contributed by atoms with Crippen LogP contribution in [0.5, 0.6) is 0 Å². The number of rotatable bonds is 3. The number of aliphatic carboxylic acids is 1. The first-order chi connectivity index (χ1) is 8.58. The van der Waals surface area contributed by atoms with Gasteiger partial charge >= 0.3 is 5.97 Å². The fraction of sp³-hybridized carbons (Fsp3) is 0.846. The maximum absolute atomic E-state index is 12.1. The molecule has 2 fully saturated rings. The number of hydrogen-bond acceptors (Lipinski definition) is 3. The fourth-order valence-electron chi connectivity index (χ4n) is 2.84. The molecule has 2 rings (SSSR count). The normalized spacial score (nSPS) is 36.3. The van der Waals surface area contributed by atoms with Crippen molar-refractivity contribution < 1.29 is 19.4 Å². The van der Waals surface area contributed by atoms with Gasteiger partial charge in [-0.05, 0) is 31.6 Å². The first-order valence-electron chi connectivity index (χ1n) is 6.69. The highest BCUT2D eigenvalue weighted by Crippen LogP contribution is 2.31. The molecule has 0 spiro atoms. The van der Waals surface area contributed by atoms with Crippen molar-refractivity contribution in [3.8, 4) is 0 Å². The molecule has 1 heterocycles. The second kappa shape index (κ2) is 5.69. The summed E-state index contributed by atoms with van der Waals surface area (Å²) in [5.41, 5.74) is 0. The minimum atomic E-state index is -0.773. The Bertz CT molecular complexity index is 331. The highest BCUT2D eigenvalue weighted by atomic mass is 16.5. The molecule has 5 nitrogen and oxygen atoms in total. The minimum absolute atomic E-state index is 0.0255. The monoisotopic (exact) mass is 255 g/mol. The van der Waals surface area contributed by atoms with Crippen LogP contribution >= 0.6 is 0 Å². The molecule has 5 heteroatoms. The summed E-state index contributed by atoms with van der Waals surface area (Å²) in [5.74, 6) is -0.879. The third-order valence-corrected chi connectivity index (χ3v) is 4.12. The van der Waals surface area contributed by atoms with Crippen molar-refractivity contribution in [1.29, 1.82) is 0 Å². The van der Waals surface area contributed by atoms with Crippen LogP contribution in [-0.2, 0) is 14.3 Å². The standard InChI is InChI=1S/C13H21NO4/c1-8-7-18-5-4-11(8)14-12(15)9-2-3-10(6-9)13(16)17/h8-11H,2-7H2,1H3,(H,14,15)(H,16,17)/t8?,9-,10+,11?/m1/s1. The van der Waals surface area contributed by atoms with Crippen LogP contribution in [0.15, 0.2) is 0 Å². The number of carbonyl (C=O) groups excluding carboxylic acids is 1. The number of carboxylic acids is 1. The Morgan fingerprint density at radius 1 is 1.22 bits per heavy atom. The maximum atomic E-state index is 12.1. The quantitative estimate of drug-likeness (QED) is 0.789. The summed E-state index contributed by atoms with van der Waals surface area (Å²) in [7, 11) is 0. The van der Waals surface area contributed by atoms with Gasteiger partial charge in [-0.25, -0.2) is 0 Å². The number of hydrogen-bond donors (Lipinski definition) is 2. The van der Waals surface area contributed by atoms with Gasteiger partial charge in [-0.15, -0.1) is 0 Å². The van der Waals surface area contributed by atoms with Crippen LogP contribution in [0.25, 0.3) is 0 Å². The zero-order valence-electron chi connectivity index (χ0n) is 10.7. The zero-order chi connectivity index (χ0) is 13.1. The van der Waals surface area contributed by atoms with E-state index >= 15 is 0 Å². The molecule has 0 aromatic heterocycles. The SMILES string of the molecule is CC1COCCC1NC(=O)[C@@H]1CC[C@H](C(=O)O)C1. The van der Waals surface area contributed by atoms with Gasteiger partial charge in [-0.2, -0.15) is 0 Å². The molecule has 0 radical (unpaired) electrons. The maximum Gasteiger partial charge on any atom is 0.306 e. The van der Waals surface area contributed by atoms with Crippen molar-refractivity contribution in [2.24, 2.45) is 17.8 Å². The van der Waals surface area contributed by atoms with Crippen LogP contribution in [-0.4, -0.2) is 36.2 Å². The van der Waals surface area contributed by atoms with E-state index in [9.17, 15) is 9.59 Å². The Balaban J connectivity index is 1.83. The predicted molar refractivity (Wildman–Crippen MR) is 65.0 cm³/mol. The van der Waals surface area contributed by atoms with E-state index in [4.69, 9.17) is 9.84 Å². The van der Waals surface area contributed by atoms with Crippen LogP contribution in [0.2, 0.25) is 0 Å². The van der Waals surface area contributed by atoms with E-state index in [1.54, 1.807) is 0 Å². The van der Waals surface area contributed by atoms with Crippen molar-refractivity contribution in [3.05, 3.63) is 0 Å². The first kappa shape index (κ1) is 13.3. The predicted octanol–water partition coefficient (Wildman–Crippen LogP) is 1.03. The summed E-state index contributed by atoms with van der Waals surface area (Å²) in [4.78, 5) is 22.9. The average Bonchev–Trinajstić information content (AvgIpc) is 2.81. The molecular formula is C13H21NO4. The van der Waals surface area contributed by atoms with Crippen LogP contribution < -0.4 is 5.32 Å². The van der Waals surface area contributed by atoms with E-state index in [-0.39, 0.29) is 23.8 Å². The van der Waals surface area contributed by atoms with E-state index in [0.29, 0.717) is 38.4 Å². The summed E-state index contributed by atoms with van der Waals surface area (Å²) < 4.78 is 5.34. The highest BCUT2D eigenvalue weighted by Gasteiger charge is 2.35. The van der Waals surface area contributed by atoms with Gasteiger partial charge in [0.2, 0.25) is 5.91 Å². The molecule has 4 atom stereocenters. The first-order valence-corrected chi connectivity index (χ1v) is 6.69. The van der Waals surface area contributed by atoms with Crippen molar-refractivity contribution >= 4 is 11.9 Å². The van der Waals surface area contributed by atoms with E-state index in [2.05, 4.69) is 12.2 Å². The number of nitrogens with one attached hydrogen (secondary N) is 1. The zero-order valence-corrected chi connectivity index (χ0v) is 10.7. The second-order valence-electron chi connectivity index (χ2n) is 5.50. The van der Waals surface area contributed by atoms with E-state index in [1.165, 1.54) is 0 Å². The van der Waals surface area contributed by atoms with Gasteiger partial charge in [0.25, 0.3) is 0 Å². The number of carboxylic acid groups (broad SMARTS) is 1. The molecule has 18 heavy (non-hydrogen) atoms. The number of amides is 1. The molecule has 1 amide bonds. The lowest BCUT2D eigenvalue weighted by Gasteiger charge is -2.30. The van der Waals surface area contributed by atoms with Crippen LogP contribution in [0, 0.1) is 17.8 Å². The molecular weight excluding hydrogens is 234 g/mol. The van der Waals surface area contributed by atoms with Gasteiger partial charge in [-0.1, -0.05) is 6.92 Å². The minimum Gasteiger partial charge on any atom is -0.481 e. The smallest absolute Gasteiger partial charge is 0.306 e. The number of carbonyl (C=O) groups is 2. The Kier molecular flexibility index (Phi) is 4.22. The Hall–Kier alpha value is -1.10. The molecule has 0 aromatic carbocycles. The van der Waals surface area contributed by atoms with Gasteiger partial charge in [0.15, 0.2) is 0 Å². The molecule has 0 bridgehead atoms. The van der Waals surface area contributed by atoms with Gasteiger partial charge in [-0.3, -0.25) is 9.59 Å².